The van der Waals surface area contributed by atoms with Gasteiger partial charge in [-0.15, -0.1) is 0 Å². The van der Waals surface area contributed by atoms with Gasteiger partial charge in [-0.1, -0.05) is 19.1 Å². The summed E-state index contributed by atoms with van der Waals surface area (Å²) in [5.41, 5.74) is 9.38. The van der Waals surface area contributed by atoms with E-state index in [0.29, 0.717) is 11.5 Å². The minimum atomic E-state index is 0.0606. The minimum absolute atomic E-state index is 0.0606. The van der Waals surface area contributed by atoms with Crippen molar-refractivity contribution in [2.24, 2.45) is 16.1 Å². The van der Waals surface area contributed by atoms with Crippen LogP contribution in [0.4, 0.5) is 5.69 Å². The molecule has 0 spiro atoms. The first-order valence-corrected chi connectivity index (χ1v) is 7.85. The Bertz CT molecular complexity index is 769. The summed E-state index contributed by atoms with van der Waals surface area (Å²) in [6.07, 6.45) is 2.54. The molecule has 6 nitrogen and oxygen atoms in total. The standard InChI is InChI=1S/C18H20N4O2/c1-12-8-9-19-22-18(12)13-2-4-15(5-3-13)21-20-11-14-10-16(23)6-7-17(14)24/h2-7,10-12,19,21,23-24H,8-9H2,1H3. The molecule has 0 fully saturated rings. The zero-order valence-corrected chi connectivity index (χ0v) is 13.4. The molecule has 6 heteroatoms. The van der Waals surface area contributed by atoms with E-state index < -0.39 is 0 Å². The lowest BCUT2D eigenvalue weighted by Crippen LogP contribution is -2.27. The molecule has 1 heterocycles. The molecule has 1 unspecified atom stereocenters. The maximum absolute atomic E-state index is 9.69. The second-order valence-electron chi connectivity index (χ2n) is 5.79. The molecular weight excluding hydrogens is 304 g/mol. The topological polar surface area (TPSA) is 89.2 Å². The average molecular weight is 324 g/mol. The largest absolute Gasteiger partial charge is 0.508 e. The van der Waals surface area contributed by atoms with E-state index in [1.165, 1.54) is 24.4 Å². The number of nitrogens with one attached hydrogen (secondary N) is 2. The number of aromatic hydroxyl groups is 2. The van der Waals surface area contributed by atoms with Crippen LogP contribution in [-0.4, -0.2) is 28.7 Å². The lowest BCUT2D eigenvalue weighted by molar-refractivity contribution is 0.459. The number of phenols is 2. The highest BCUT2D eigenvalue weighted by Gasteiger charge is 2.16. The highest BCUT2D eigenvalue weighted by molar-refractivity contribution is 6.02. The van der Waals surface area contributed by atoms with Crippen LogP contribution in [0.1, 0.15) is 24.5 Å². The van der Waals surface area contributed by atoms with Gasteiger partial charge in [-0.3, -0.25) is 5.43 Å². The maximum atomic E-state index is 9.69. The van der Waals surface area contributed by atoms with E-state index in [9.17, 15) is 10.2 Å². The summed E-state index contributed by atoms with van der Waals surface area (Å²) in [5.74, 6) is 0.580. The van der Waals surface area contributed by atoms with Crippen molar-refractivity contribution in [3.05, 3.63) is 53.6 Å². The maximum Gasteiger partial charge on any atom is 0.124 e. The van der Waals surface area contributed by atoms with Crippen LogP contribution in [0.25, 0.3) is 0 Å². The van der Waals surface area contributed by atoms with Crippen LogP contribution >= 0.6 is 0 Å². The van der Waals surface area contributed by atoms with Crippen molar-refractivity contribution in [1.29, 1.82) is 0 Å². The SMILES string of the molecule is CC1CCNN=C1c1ccc(NN=Cc2cc(O)ccc2O)cc1. The fourth-order valence-electron chi connectivity index (χ4n) is 2.56. The van der Waals surface area contributed by atoms with Crippen molar-refractivity contribution in [2.75, 3.05) is 12.0 Å². The molecule has 0 aromatic heterocycles. The van der Waals surface area contributed by atoms with Gasteiger partial charge in [0.15, 0.2) is 0 Å². The van der Waals surface area contributed by atoms with Gasteiger partial charge in [-0.25, -0.2) is 0 Å². The monoisotopic (exact) mass is 324 g/mol. The Balaban J connectivity index is 1.67. The number of hydrogen-bond acceptors (Lipinski definition) is 6. The lowest BCUT2D eigenvalue weighted by Gasteiger charge is -2.20. The van der Waals surface area contributed by atoms with Crippen molar-refractivity contribution < 1.29 is 10.2 Å². The van der Waals surface area contributed by atoms with E-state index in [1.807, 2.05) is 24.3 Å². The average Bonchev–Trinajstić information content (AvgIpc) is 2.59. The fourth-order valence-corrected chi connectivity index (χ4v) is 2.56. The Hall–Kier alpha value is -3.02. The summed E-state index contributed by atoms with van der Waals surface area (Å²) in [5, 5.41) is 27.6. The van der Waals surface area contributed by atoms with Crippen LogP contribution in [0.15, 0.2) is 52.7 Å². The zero-order valence-electron chi connectivity index (χ0n) is 13.4. The molecule has 1 aliphatic heterocycles. The van der Waals surface area contributed by atoms with Crippen LogP contribution < -0.4 is 10.9 Å². The number of anilines is 1. The van der Waals surface area contributed by atoms with Gasteiger partial charge in [0.05, 0.1) is 17.6 Å². The summed E-state index contributed by atoms with van der Waals surface area (Å²) >= 11 is 0. The number of rotatable bonds is 4. The van der Waals surface area contributed by atoms with Gasteiger partial charge < -0.3 is 15.6 Å². The normalized spacial score (nSPS) is 17.4. The molecule has 0 saturated carbocycles. The van der Waals surface area contributed by atoms with Crippen LogP contribution in [0.5, 0.6) is 11.5 Å². The Morgan fingerprint density at radius 3 is 2.75 bits per heavy atom. The molecule has 1 atom stereocenters. The van der Waals surface area contributed by atoms with Gasteiger partial charge in [-0.05, 0) is 42.3 Å². The molecule has 2 aromatic rings. The Morgan fingerprint density at radius 2 is 2.00 bits per heavy atom. The fraction of sp³-hybridized carbons (Fsp3) is 0.222. The second kappa shape index (κ2) is 7.04. The lowest BCUT2D eigenvalue weighted by atomic mass is 9.94. The van der Waals surface area contributed by atoms with E-state index in [2.05, 4.69) is 28.0 Å². The molecule has 0 amide bonds. The molecule has 124 valence electrons. The van der Waals surface area contributed by atoms with Crippen LogP contribution in [0.3, 0.4) is 0 Å². The summed E-state index contributed by atoms with van der Waals surface area (Å²) in [7, 11) is 0. The van der Waals surface area contributed by atoms with Crippen LogP contribution in [-0.2, 0) is 0 Å². The van der Waals surface area contributed by atoms with Gasteiger partial charge in [0.2, 0.25) is 0 Å². The molecule has 0 saturated heterocycles. The molecule has 24 heavy (non-hydrogen) atoms. The second-order valence-corrected chi connectivity index (χ2v) is 5.79. The van der Waals surface area contributed by atoms with E-state index in [-0.39, 0.29) is 11.5 Å². The zero-order chi connectivity index (χ0) is 16.9. The first kappa shape index (κ1) is 15.9. The highest BCUT2D eigenvalue weighted by atomic mass is 16.3. The Kier molecular flexibility index (Phi) is 4.65. The van der Waals surface area contributed by atoms with Gasteiger partial charge >= 0.3 is 0 Å². The Labute approximate surface area is 140 Å². The third-order valence-corrected chi connectivity index (χ3v) is 3.94. The molecule has 2 aromatic carbocycles. The molecule has 1 aliphatic rings. The van der Waals surface area contributed by atoms with Crippen LogP contribution in [0.2, 0.25) is 0 Å². The van der Waals surface area contributed by atoms with Crippen LogP contribution in [0, 0.1) is 5.92 Å². The summed E-state index contributed by atoms with van der Waals surface area (Å²) in [6, 6.07) is 12.2. The van der Waals surface area contributed by atoms with E-state index in [0.717, 1.165) is 29.9 Å². The number of benzene rings is 2. The van der Waals surface area contributed by atoms with Crippen molar-refractivity contribution >= 4 is 17.6 Å². The number of hydrazone groups is 2. The molecule has 3 rings (SSSR count). The first-order valence-electron chi connectivity index (χ1n) is 7.85. The van der Waals surface area contributed by atoms with E-state index in [4.69, 9.17) is 0 Å². The third-order valence-electron chi connectivity index (χ3n) is 3.94. The van der Waals surface area contributed by atoms with Crippen molar-refractivity contribution in [3.63, 3.8) is 0 Å². The van der Waals surface area contributed by atoms with E-state index in [1.54, 1.807) is 0 Å². The summed E-state index contributed by atoms with van der Waals surface area (Å²) in [6.45, 7) is 3.10. The molecule has 4 N–H and O–H groups in total. The van der Waals surface area contributed by atoms with Crippen molar-refractivity contribution in [1.82, 2.24) is 5.43 Å². The van der Waals surface area contributed by atoms with Crippen molar-refractivity contribution in [2.45, 2.75) is 13.3 Å². The Morgan fingerprint density at radius 1 is 1.21 bits per heavy atom. The third kappa shape index (κ3) is 3.65. The first-order chi connectivity index (χ1) is 11.6. The molecule has 0 aliphatic carbocycles. The highest BCUT2D eigenvalue weighted by Crippen LogP contribution is 2.21. The van der Waals surface area contributed by atoms with E-state index >= 15 is 0 Å². The summed E-state index contributed by atoms with van der Waals surface area (Å²) in [4.78, 5) is 0. The quantitative estimate of drug-likeness (QED) is 0.395. The smallest absolute Gasteiger partial charge is 0.124 e. The molecule has 0 radical (unpaired) electrons. The van der Waals surface area contributed by atoms with Gasteiger partial charge in [0.1, 0.15) is 11.5 Å². The molecular formula is C18H20N4O2. The number of phenolic OH excluding ortho intramolecular Hbond substituents is 2. The van der Waals surface area contributed by atoms with Gasteiger partial charge in [-0.2, -0.15) is 10.2 Å². The summed E-state index contributed by atoms with van der Waals surface area (Å²) < 4.78 is 0. The molecule has 0 bridgehead atoms. The van der Waals surface area contributed by atoms with Gasteiger partial charge in [0, 0.05) is 18.0 Å². The number of hydrogen-bond donors (Lipinski definition) is 4. The number of nitrogens with zero attached hydrogens (tertiary/aromatic N) is 2. The predicted molar refractivity (Wildman–Crippen MR) is 95.8 cm³/mol. The predicted octanol–water partition coefficient (Wildman–Crippen LogP) is 2.88. The van der Waals surface area contributed by atoms with Gasteiger partial charge in [0.25, 0.3) is 0 Å². The minimum Gasteiger partial charge on any atom is -0.508 e. The van der Waals surface area contributed by atoms with Crippen molar-refractivity contribution in [3.8, 4) is 11.5 Å².